The van der Waals surface area contributed by atoms with Crippen LogP contribution in [0.25, 0.3) is 0 Å². The number of carbonyl (C=O) groups is 3. The molecule has 0 spiro atoms. The van der Waals surface area contributed by atoms with Crippen LogP contribution in [0.5, 0.6) is 0 Å². The molecule has 2 aromatic carbocycles. The van der Waals surface area contributed by atoms with Crippen LogP contribution >= 0.6 is 39.0 Å². The number of nitrogens with zero attached hydrogens (tertiary/aromatic N) is 3. The number of carbonyl (C=O) groups excluding carboxylic acids is 3. The number of pyridine rings is 1. The first-order valence-corrected chi connectivity index (χ1v) is 14.2. The molecule has 0 aliphatic carbocycles. The van der Waals surface area contributed by atoms with E-state index in [1.807, 2.05) is 24.3 Å². The molecule has 0 bridgehead atoms. The van der Waals surface area contributed by atoms with Crippen LogP contribution in [0.4, 0.5) is 11.4 Å². The summed E-state index contributed by atoms with van der Waals surface area (Å²) in [5.41, 5.74) is 1.86. The minimum atomic E-state index is -0.749. The van der Waals surface area contributed by atoms with Crippen LogP contribution in [-0.2, 0) is 20.9 Å². The molecule has 2 aliphatic heterocycles. The maximum Gasteiger partial charge on any atom is 0.308 e. The Bertz CT molecular complexity index is 1610. The Morgan fingerprint density at radius 1 is 0.974 bits per heavy atom. The van der Waals surface area contributed by atoms with Gasteiger partial charge in [0.05, 0.1) is 16.6 Å². The zero-order valence-corrected chi connectivity index (χ0v) is 22.8. The first-order valence-electron chi connectivity index (χ1n) is 11.7. The highest BCUT2D eigenvalue weighted by Gasteiger charge is 2.56. The zero-order chi connectivity index (χ0) is 26.4. The lowest BCUT2D eigenvalue weighted by Gasteiger charge is -2.30. The molecule has 8 nitrogen and oxygen atoms in total. The summed E-state index contributed by atoms with van der Waals surface area (Å²) in [6.07, 6.45) is 3.30. The van der Waals surface area contributed by atoms with Crippen molar-refractivity contribution in [1.82, 2.24) is 9.55 Å². The van der Waals surface area contributed by atoms with E-state index in [2.05, 4.69) is 26.2 Å². The standard InChI is InChI=1S/C27H19BrN4O4S2/c28-16-8-10-18(11-9-16)32-24(34)21-20(15-5-4-12-29-13-15)23-26(37-22(21)25(32)35)31(27(36)38-23)14-19(33)30-17-6-2-1-3-7-17/h1-13,20-22H,14H2,(H,30,33)/t20-,21-,22+/m0/s1. The summed E-state index contributed by atoms with van der Waals surface area (Å²) in [5.74, 6) is -2.27. The molecule has 0 radical (unpaired) electrons. The van der Waals surface area contributed by atoms with E-state index in [0.717, 1.165) is 21.4 Å². The minimum Gasteiger partial charge on any atom is -0.325 e. The number of thiazole rings is 1. The van der Waals surface area contributed by atoms with Gasteiger partial charge >= 0.3 is 4.87 Å². The van der Waals surface area contributed by atoms with Crippen molar-refractivity contribution >= 4 is 68.1 Å². The van der Waals surface area contributed by atoms with Gasteiger partial charge in [0, 0.05) is 33.3 Å². The summed E-state index contributed by atoms with van der Waals surface area (Å²) in [4.78, 5) is 59.4. The SMILES string of the molecule is O=C(Cn1c2c(sc1=O)[C@@H](c1cccnc1)[C@@H]1C(=O)N(c3ccc(Br)cc3)C(=O)[C@@H]1S2)Nc1ccccc1. The molecule has 3 atom stereocenters. The first-order chi connectivity index (χ1) is 18.4. The molecule has 0 saturated carbocycles. The molecule has 2 aromatic heterocycles. The largest absolute Gasteiger partial charge is 0.325 e. The second-order valence-electron chi connectivity index (χ2n) is 8.85. The van der Waals surface area contributed by atoms with Gasteiger partial charge in [0.15, 0.2) is 0 Å². The van der Waals surface area contributed by atoms with E-state index in [9.17, 15) is 19.2 Å². The van der Waals surface area contributed by atoms with E-state index < -0.39 is 17.1 Å². The molecule has 1 fully saturated rings. The van der Waals surface area contributed by atoms with Crippen molar-refractivity contribution in [2.75, 3.05) is 10.2 Å². The lowest BCUT2D eigenvalue weighted by molar-refractivity contribution is -0.122. The van der Waals surface area contributed by atoms with Crippen LogP contribution < -0.4 is 15.1 Å². The number of thioether (sulfide) groups is 1. The summed E-state index contributed by atoms with van der Waals surface area (Å²) in [5, 5.41) is 2.60. The van der Waals surface area contributed by atoms with E-state index in [4.69, 9.17) is 0 Å². The van der Waals surface area contributed by atoms with Gasteiger partial charge in [0.2, 0.25) is 17.7 Å². The van der Waals surface area contributed by atoms with E-state index in [-0.39, 0.29) is 29.1 Å². The van der Waals surface area contributed by atoms with Crippen LogP contribution in [0.2, 0.25) is 0 Å². The molecule has 4 aromatic rings. The van der Waals surface area contributed by atoms with Crippen molar-refractivity contribution in [1.29, 1.82) is 0 Å². The maximum atomic E-state index is 13.8. The predicted molar refractivity (Wildman–Crippen MR) is 150 cm³/mol. The Morgan fingerprint density at radius 3 is 2.45 bits per heavy atom. The first kappa shape index (κ1) is 24.8. The molecule has 3 amide bonds. The fraction of sp³-hybridized carbons (Fsp3) is 0.148. The molecule has 6 rings (SSSR count). The molecule has 1 N–H and O–H groups in total. The molecule has 11 heteroatoms. The highest BCUT2D eigenvalue weighted by Crippen LogP contribution is 2.53. The van der Waals surface area contributed by atoms with Crippen molar-refractivity contribution in [2.45, 2.75) is 22.7 Å². The average molecular weight is 608 g/mol. The fourth-order valence-electron chi connectivity index (χ4n) is 4.88. The molecule has 1 saturated heterocycles. The van der Waals surface area contributed by atoms with Crippen molar-refractivity contribution in [2.24, 2.45) is 5.92 Å². The lowest BCUT2D eigenvalue weighted by atomic mass is 9.84. The van der Waals surface area contributed by atoms with Crippen LogP contribution in [0.3, 0.4) is 0 Å². The van der Waals surface area contributed by atoms with Crippen molar-refractivity contribution in [3.05, 3.63) is 104 Å². The second kappa shape index (κ2) is 9.97. The number of benzene rings is 2. The lowest BCUT2D eigenvalue weighted by Crippen LogP contribution is -2.33. The monoisotopic (exact) mass is 606 g/mol. The number of anilines is 2. The van der Waals surface area contributed by atoms with Crippen molar-refractivity contribution < 1.29 is 14.4 Å². The third kappa shape index (κ3) is 4.30. The number of fused-ring (bicyclic) bond motifs is 2. The third-order valence-electron chi connectivity index (χ3n) is 6.54. The van der Waals surface area contributed by atoms with Gasteiger partial charge in [-0.1, -0.05) is 63.3 Å². The topological polar surface area (TPSA) is 101 Å². The zero-order valence-electron chi connectivity index (χ0n) is 19.6. The van der Waals surface area contributed by atoms with E-state index in [1.54, 1.807) is 54.9 Å². The molecule has 38 heavy (non-hydrogen) atoms. The summed E-state index contributed by atoms with van der Waals surface area (Å²) < 4.78 is 2.24. The van der Waals surface area contributed by atoms with Crippen LogP contribution in [0, 0.1) is 5.92 Å². The number of aromatic nitrogens is 2. The highest BCUT2D eigenvalue weighted by molar-refractivity contribution is 9.10. The fourth-order valence-corrected chi connectivity index (χ4v) is 7.92. The summed E-state index contributed by atoms with van der Waals surface area (Å²) >= 11 is 5.59. The predicted octanol–water partition coefficient (Wildman–Crippen LogP) is 4.50. The van der Waals surface area contributed by atoms with Gasteiger partial charge in [-0.3, -0.25) is 28.7 Å². The Labute approximate surface area is 233 Å². The number of imide groups is 1. The normalized spacial score (nSPS) is 20.2. The second-order valence-corrected chi connectivity index (χ2v) is 11.9. The van der Waals surface area contributed by atoms with Gasteiger partial charge in [0.1, 0.15) is 11.8 Å². The number of para-hydroxylation sites is 1. The molecule has 0 unspecified atom stereocenters. The maximum absolute atomic E-state index is 13.8. The van der Waals surface area contributed by atoms with Gasteiger partial charge in [-0.25, -0.2) is 4.90 Å². The molecule has 2 aliphatic rings. The number of halogens is 1. The van der Waals surface area contributed by atoms with E-state index in [0.29, 0.717) is 21.3 Å². The van der Waals surface area contributed by atoms with Gasteiger partial charge < -0.3 is 5.32 Å². The quantitative estimate of drug-likeness (QED) is 0.336. The Kier molecular flexibility index (Phi) is 6.50. The smallest absolute Gasteiger partial charge is 0.308 e. The van der Waals surface area contributed by atoms with Gasteiger partial charge in [-0.05, 0) is 48.0 Å². The summed E-state index contributed by atoms with van der Waals surface area (Å²) in [6.45, 7) is -0.206. The molecular formula is C27H19BrN4O4S2. The molecule has 4 heterocycles. The van der Waals surface area contributed by atoms with Gasteiger partial charge in [0.25, 0.3) is 0 Å². The number of nitrogens with one attached hydrogen (secondary N) is 1. The highest BCUT2D eigenvalue weighted by atomic mass is 79.9. The summed E-state index contributed by atoms with van der Waals surface area (Å²) in [6, 6.07) is 19.6. The minimum absolute atomic E-state index is 0.206. The Hall–Kier alpha value is -3.54. The third-order valence-corrected chi connectivity index (χ3v) is 9.67. The van der Waals surface area contributed by atoms with Gasteiger partial charge in [-0.15, -0.1) is 0 Å². The number of rotatable bonds is 5. The van der Waals surface area contributed by atoms with Crippen LogP contribution in [0.15, 0.2) is 93.4 Å². The van der Waals surface area contributed by atoms with Crippen molar-refractivity contribution in [3.63, 3.8) is 0 Å². The summed E-state index contributed by atoms with van der Waals surface area (Å²) in [7, 11) is 0. The molecule has 190 valence electrons. The Balaban J connectivity index is 1.41. The molecular weight excluding hydrogens is 588 g/mol. The number of hydrogen-bond donors (Lipinski definition) is 1. The average Bonchev–Trinajstić information content (AvgIpc) is 3.36. The van der Waals surface area contributed by atoms with E-state index >= 15 is 0 Å². The van der Waals surface area contributed by atoms with Gasteiger partial charge in [-0.2, -0.15) is 0 Å². The van der Waals surface area contributed by atoms with Crippen LogP contribution in [-0.4, -0.2) is 32.5 Å². The van der Waals surface area contributed by atoms with E-state index in [1.165, 1.54) is 21.2 Å². The number of amides is 3. The van der Waals surface area contributed by atoms with Crippen LogP contribution in [0.1, 0.15) is 16.4 Å². The Morgan fingerprint density at radius 2 is 1.74 bits per heavy atom. The number of hydrogen-bond acceptors (Lipinski definition) is 7. The van der Waals surface area contributed by atoms with Crippen molar-refractivity contribution in [3.8, 4) is 0 Å².